The van der Waals surface area contributed by atoms with Gasteiger partial charge in [0.1, 0.15) is 5.76 Å². The average Bonchev–Trinajstić information content (AvgIpc) is 3.18. The lowest BCUT2D eigenvalue weighted by Crippen LogP contribution is -2.34. The number of likely N-dealkylation sites (N-methyl/N-ethyl adjacent to an activating group) is 1. The number of furan rings is 2. The summed E-state index contributed by atoms with van der Waals surface area (Å²) in [4.78, 5) is 14.0. The van der Waals surface area contributed by atoms with Gasteiger partial charge in [0.2, 0.25) is 5.09 Å². The summed E-state index contributed by atoms with van der Waals surface area (Å²) in [5, 5.41) is 2.40. The Labute approximate surface area is 134 Å². The number of hydrogen-bond acceptors (Lipinski definition) is 6. The third-order valence-electron chi connectivity index (χ3n) is 3.29. The zero-order chi connectivity index (χ0) is 17.0. The second kappa shape index (κ2) is 6.99. The molecule has 1 atom stereocenters. The molecule has 0 fully saturated rings. The summed E-state index contributed by atoms with van der Waals surface area (Å²) < 4.78 is 35.7. The number of hydrogen-bond donors (Lipinski definition) is 2. The van der Waals surface area contributed by atoms with Gasteiger partial charge in [0.05, 0.1) is 12.3 Å². The molecule has 0 saturated heterocycles. The predicted molar refractivity (Wildman–Crippen MR) is 82.4 cm³/mol. The molecule has 0 saturated carbocycles. The molecule has 2 N–H and O–H groups in total. The van der Waals surface area contributed by atoms with Crippen LogP contribution in [-0.2, 0) is 10.0 Å². The fourth-order valence-electron chi connectivity index (χ4n) is 1.98. The molecular weight excluding hydrogens is 322 g/mol. The van der Waals surface area contributed by atoms with Crippen molar-refractivity contribution in [2.24, 2.45) is 0 Å². The van der Waals surface area contributed by atoms with Crippen molar-refractivity contribution >= 4 is 15.9 Å². The molecule has 0 spiro atoms. The minimum absolute atomic E-state index is 0.0734. The molecule has 9 heteroatoms. The molecule has 126 valence electrons. The lowest BCUT2D eigenvalue weighted by Gasteiger charge is -2.22. The van der Waals surface area contributed by atoms with Gasteiger partial charge in [-0.05, 0) is 45.4 Å². The number of carbonyl (C=O) groups is 1. The van der Waals surface area contributed by atoms with Crippen molar-refractivity contribution in [3.63, 3.8) is 0 Å². The average molecular weight is 341 g/mol. The maximum absolute atomic E-state index is 12.1. The third-order valence-corrected chi connectivity index (χ3v) is 4.58. The summed E-state index contributed by atoms with van der Waals surface area (Å²) in [6.07, 6.45) is 1.56. The van der Waals surface area contributed by atoms with Crippen molar-refractivity contribution in [3.8, 4) is 0 Å². The van der Waals surface area contributed by atoms with E-state index >= 15 is 0 Å². The molecule has 23 heavy (non-hydrogen) atoms. The molecule has 8 nitrogen and oxygen atoms in total. The van der Waals surface area contributed by atoms with Crippen LogP contribution in [-0.4, -0.2) is 46.9 Å². The zero-order valence-corrected chi connectivity index (χ0v) is 13.9. The van der Waals surface area contributed by atoms with Gasteiger partial charge in [-0.1, -0.05) is 0 Å². The Kier molecular flexibility index (Phi) is 5.24. The van der Waals surface area contributed by atoms with Gasteiger partial charge >= 0.3 is 0 Å². The molecule has 0 unspecified atom stereocenters. The topological polar surface area (TPSA) is 105 Å². The van der Waals surface area contributed by atoms with E-state index in [0.717, 1.165) is 0 Å². The summed E-state index contributed by atoms with van der Waals surface area (Å²) in [7, 11) is 1.29. The van der Waals surface area contributed by atoms with Crippen molar-refractivity contribution in [3.05, 3.63) is 42.0 Å². The highest BCUT2D eigenvalue weighted by Gasteiger charge is 2.22. The Balaban J connectivity index is 2.05. The second-order valence-corrected chi connectivity index (χ2v) is 6.85. The van der Waals surface area contributed by atoms with Crippen molar-refractivity contribution in [2.75, 3.05) is 27.7 Å². The lowest BCUT2D eigenvalue weighted by molar-refractivity contribution is 0.0906. The number of sulfonamides is 1. The number of amides is 1. The van der Waals surface area contributed by atoms with E-state index < -0.39 is 15.9 Å². The first kappa shape index (κ1) is 17.3. The largest absolute Gasteiger partial charge is 0.468 e. The Morgan fingerprint density at radius 1 is 1.30 bits per heavy atom. The van der Waals surface area contributed by atoms with Crippen molar-refractivity contribution in [1.82, 2.24) is 14.9 Å². The van der Waals surface area contributed by atoms with E-state index in [1.807, 2.05) is 25.1 Å². The Morgan fingerprint density at radius 3 is 2.61 bits per heavy atom. The number of carbonyl (C=O) groups excluding carboxylic acids is 1. The van der Waals surface area contributed by atoms with Crippen LogP contribution >= 0.6 is 0 Å². The molecule has 2 aromatic heterocycles. The van der Waals surface area contributed by atoms with E-state index in [-0.39, 0.29) is 23.4 Å². The SMILES string of the molecule is CNS(=O)(=O)c1ccc(C(=O)NC[C@@H](c2ccco2)N(C)C)o1. The smallest absolute Gasteiger partial charge is 0.287 e. The molecule has 0 aromatic carbocycles. The summed E-state index contributed by atoms with van der Waals surface area (Å²) in [5.74, 6) is 0.143. The van der Waals surface area contributed by atoms with Gasteiger partial charge in [-0.15, -0.1) is 0 Å². The third kappa shape index (κ3) is 4.01. The first-order valence-corrected chi connectivity index (χ1v) is 8.35. The summed E-state index contributed by atoms with van der Waals surface area (Å²) >= 11 is 0. The highest BCUT2D eigenvalue weighted by molar-refractivity contribution is 7.89. The van der Waals surface area contributed by atoms with E-state index in [4.69, 9.17) is 8.83 Å². The second-order valence-electron chi connectivity index (χ2n) is 5.03. The molecule has 0 bridgehead atoms. The fraction of sp³-hybridized carbons (Fsp3) is 0.357. The lowest BCUT2D eigenvalue weighted by atomic mass is 10.2. The quantitative estimate of drug-likeness (QED) is 0.772. The Morgan fingerprint density at radius 2 is 2.04 bits per heavy atom. The van der Waals surface area contributed by atoms with Gasteiger partial charge in [-0.2, -0.15) is 0 Å². The van der Waals surface area contributed by atoms with Crippen LogP contribution in [0.3, 0.4) is 0 Å². The molecular formula is C14H19N3O5S. The van der Waals surface area contributed by atoms with Gasteiger partial charge in [0, 0.05) is 6.54 Å². The Hall–Kier alpha value is -2.10. The van der Waals surface area contributed by atoms with Crippen LogP contribution in [0, 0.1) is 0 Å². The zero-order valence-electron chi connectivity index (χ0n) is 13.1. The first-order valence-electron chi connectivity index (χ1n) is 6.86. The van der Waals surface area contributed by atoms with E-state index in [1.165, 1.54) is 19.2 Å². The van der Waals surface area contributed by atoms with Crippen molar-refractivity contribution < 1.29 is 22.0 Å². The predicted octanol–water partition coefficient (Wildman–Crippen LogP) is 0.813. The van der Waals surface area contributed by atoms with Gasteiger partial charge in [-0.25, -0.2) is 13.1 Å². The normalized spacial score (nSPS) is 13.2. The molecule has 0 aliphatic rings. The summed E-state index contributed by atoms with van der Waals surface area (Å²) in [6.45, 7) is 0.286. The van der Waals surface area contributed by atoms with Gasteiger partial charge < -0.3 is 14.2 Å². The molecule has 1 amide bonds. The molecule has 2 aromatic rings. The van der Waals surface area contributed by atoms with Gasteiger partial charge in [-0.3, -0.25) is 9.69 Å². The van der Waals surface area contributed by atoms with E-state index in [1.54, 1.807) is 12.3 Å². The van der Waals surface area contributed by atoms with E-state index in [0.29, 0.717) is 5.76 Å². The van der Waals surface area contributed by atoms with Crippen LogP contribution in [0.2, 0.25) is 0 Å². The minimum Gasteiger partial charge on any atom is -0.468 e. The first-order chi connectivity index (χ1) is 10.8. The number of nitrogens with one attached hydrogen (secondary N) is 2. The highest BCUT2D eigenvalue weighted by Crippen LogP contribution is 2.18. The molecule has 0 radical (unpaired) electrons. The fourth-order valence-corrected chi connectivity index (χ4v) is 2.63. The molecule has 0 aliphatic heterocycles. The van der Waals surface area contributed by atoms with Crippen molar-refractivity contribution in [1.29, 1.82) is 0 Å². The van der Waals surface area contributed by atoms with Crippen LogP contribution in [0.15, 0.2) is 44.5 Å². The standard InChI is InChI=1S/C14H19N3O5S/c1-15-23(19,20)13-7-6-12(22-13)14(18)16-9-10(17(2)3)11-5-4-8-21-11/h4-8,10,15H,9H2,1-3H3,(H,16,18)/t10-/m0/s1. The number of rotatable bonds is 7. The van der Waals surface area contributed by atoms with E-state index in [2.05, 4.69) is 10.0 Å². The van der Waals surface area contributed by atoms with Crippen LogP contribution in [0.1, 0.15) is 22.4 Å². The maximum Gasteiger partial charge on any atom is 0.287 e. The summed E-state index contributed by atoms with van der Waals surface area (Å²) in [6, 6.07) is 5.99. The highest BCUT2D eigenvalue weighted by atomic mass is 32.2. The summed E-state index contributed by atoms with van der Waals surface area (Å²) in [5.41, 5.74) is 0. The monoisotopic (exact) mass is 341 g/mol. The Bertz CT molecular complexity index is 749. The van der Waals surface area contributed by atoms with Crippen LogP contribution < -0.4 is 10.0 Å². The number of nitrogens with zero attached hydrogens (tertiary/aromatic N) is 1. The van der Waals surface area contributed by atoms with Crippen LogP contribution in [0.4, 0.5) is 0 Å². The van der Waals surface area contributed by atoms with Crippen LogP contribution in [0.25, 0.3) is 0 Å². The van der Waals surface area contributed by atoms with Crippen LogP contribution in [0.5, 0.6) is 0 Å². The van der Waals surface area contributed by atoms with Gasteiger partial charge in [0.15, 0.2) is 5.76 Å². The molecule has 2 heterocycles. The van der Waals surface area contributed by atoms with Gasteiger partial charge in [0.25, 0.3) is 15.9 Å². The van der Waals surface area contributed by atoms with E-state index in [9.17, 15) is 13.2 Å². The maximum atomic E-state index is 12.1. The molecule has 0 aliphatic carbocycles. The minimum atomic E-state index is -3.71. The molecule has 2 rings (SSSR count). The van der Waals surface area contributed by atoms with Crippen molar-refractivity contribution in [2.45, 2.75) is 11.1 Å².